The Hall–Kier alpha value is -3.07. The van der Waals surface area contributed by atoms with E-state index in [2.05, 4.69) is 20.5 Å². The molecule has 0 saturated heterocycles. The van der Waals surface area contributed by atoms with Crippen molar-refractivity contribution in [1.29, 1.82) is 0 Å². The summed E-state index contributed by atoms with van der Waals surface area (Å²) in [6, 6.07) is 10.2. The second kappa shape index (κ2) is 6.83. The van der Waals surface area contributed by atoms with E-state index in [-0.39, 0.29) is 5.91 Å². The number of rotatable bonds is 3. The van der Waals surface area contributed by atoms with Crippen molar-refractivity contribution in [3.63, 3.8) is 0 Å². The first-order valence-electron chi connectivity index (χ1n) is 8.30. The number of aliphatic imine (C=N–C) groups is 1. The van der Waals surface area contributed by atoms with Crippen molar-refractivity contribution in [1.82, 2.24) is 10.2 Å². The molecule has 0 radical (unpaired) electrons. The Labute approximate surface area is 162 Å². The molecule has 2 aromatic carbocycles. The third-order valence-electron chi connectivity index (χ3n) is 4.24. The normalized spacial score (nSPS) is 13.2. The van der Waals surface area contributed by atoms with Crippen molar-refractivity contribution in [3.05, 3.63) is 69.7 Å². The number of nitrogens with zero attached hydrogens (tertiary/aromatic N) is 3. The molecule has 0 saturated carbocycles. The second-order valence-electron chi connectivity index (χ2n) is 6.21. The zero-order valence-electron chi connectivity index (χ0n) is 14.5. The van der Waals surface area contributed by atoms with Crippen LogP contribution in [0.2, 0.25) is 0 Å². The second-order valence-corrected chi connectivity index (χ2v) is 7.39. The van der Waals surface area contributed by atoms with Crippen LogP contribution in [0.1, 0.15) is 32.1 Å². The molecule has 0 bridgehead atoms. The van der Waals surface area contributed by atoms with E-state index in [0.717, 1.165) is 22.7 Å². The first kappa shape index (κ1) is 18.3. The zero-order chi connectivity index (χ0) is 19.9. The molecule has 0 unspecified atom stereocenters. The van der Waals surface area contributed by atoms with Gasteiger partial charge in [-0.25, -0.2) is 0 Å². The monoisotopic (exact) mass is 402 g/mol. The molecule has 1 aliphatic rings. The van der Waals surface area contributed by atoms with Crippen molar-refractivity contribution in [3.8, 4) is 0 Å². The van der Waals surface area contributed by atoms with Gasteiger partial charge in [-0.2, -0.15) is 13.2 Å². The molecule has 28 heavy (non-hydrogen) atoms. The molecule has 2 heterocycles. The van der Waals surface area contributed by atoms with Gasteiger partial charge in [-0.05, 0) is 36.2 Å². The van der Waals surface area contributed by atoms with Gasteiger partial charge >= 0.3 is 6.18 Å². The predicted octanol–water partition coefficient (Wildman–Crippen LogP) is 4.79. The Kier molecular flexibility index (Phi) is 4.46. The SMILES string of the molecule is Cc1nnc(NC(=O)c2cccc3c2N=C(c2cccc(C(F)(F)F)c2)C3)s1. The van der Waals surface area contributed by atoms with Crippen LogP contribution in [0.25, 0.3) is 0 Å². The summed E-state index contributed by atoms with van der Waals surface area (Å²) in [5.74, 6) is -0.387. The molecule has 1 aromatic heterocycles. The van der Waals surface area contributed by atoms with Crippen LogP contribution in [-0.2, 0) is 12.6 Å². The van der Waals surface area contributed by atoms with E-state index in [4.69, 9.17) is 0 Å². The quantitative estimate of drug-likeness (QED) is 0.685. The summed E-state index contributed by atoms with van der Waals surface area (Å²) < 4.78 is 39.0. The summed E-state index contributed by atoms with van der Waals surface area (Å²) >= 11 is 1.25. The summed E-state index contributed by atoms with van der Waals surface area (Å²) in [5.41, 5.74) is 1.74. The summed E-state index contributed by atoms with van der Waals surface area (Å²) in [6.45, 7) is 1.78. The average molecular weight is 402 g/mol. The van der Waals surface area contributed by atoms with Crippen LogP contribution < -0.4 is 5.32 Å². The Morgan fingerprint density at radius 1 is 1.14 bits per heavy atom. The number of carbonyl (C=O) groups is 1. The summed E-state index contributed by atoms with van der Waals surface area (Å²) in [6.07, 6.45) is -4.07. The van der Waals surface area contributed by atoms with Gasteiger partial charge < -0.3 is 0 Å². The number of aromatic nitrogens is 2. The highest BCUT2D eigenvalue weighted by Gasteiger charge is 2.31. The van der Waals surface area contributed by atoms with Gasteiger partial charge in [-0.15, -0.1) is 10.2 Å². The minimum Gasteiger partial charge on any atom is -0.296 e. The number of amides is 1. The topological polar surface area (TPSA) is 67.2 Å². The van der Waals surface area contributed by atoms with E-state index in [1.807, 2.05) is 6.07 Å². The van der Waals surface area contributed by atoms with Gasteiger partial charge in [0.1, 0.15) is 5.01 Å². The average Bonchev–Trinajstić information content (AvgIpc) is 3.26. The lowest BCUT2D eigenvalue weighted by atomic mass is 10.0. The maximum absolute atomic E-state index is 13.0. The van der Waals surface area contributed by atoms with Crippen LogP contribution in [0.15, 0.2) is 47.5 Å². The maximum atomic E-state index is 13.0. The minimum atomic E-state index is -4.42. The van der Waals surface area contributed by atoms with Gasteiger partial charge in [0.25, 0.3) is 5.91 Å². The van der Waals surface area contributed by atoms with Gasteiger partial charge in [0, 0.05) is 6.42 Å². The van der Waals surface area contributed by atoms with Crippen molar-refractivity contribution in [2.75, 3.05) is 5.32 Å². The van der Waals surface area contributed by atoms with Crippen LogP contribution in [-0.4, -0.2) is 21.8 Å². The van der Waals surface area contributed by atoms with Crippen LogP contribution in [0, 0.1) is 6.92 Å². The van der Waals surface area contributed by atoms with Crippen LogP contribution in [0.5, 0.6) is 0 Å². The summed E-state index contributed by atoms with van der Waals surface area (Å²) in [4.78, 5) is 17.1. The van der Waals surface area contributed by atoms with Gasteiger partial charge in [0.15, 0.2) is 0 Å². The number of anilines is 1. The van der Waals surface area contributed by atoms with E-state index in [0.29, 0.717) is 34.1 Å². The van der Waals surface area contributed by atoms with Crippen LogP contribution in [0.3, 0.4) is 0 Å². The fourth-order valence-corrected chi connectivity index (χ4v) is 3.54. The van der Waals surface area contributed by atoms with Gasteiger partial charge in [0.2, 0.25) is 5.13 Å². The van der Waals surface area contributed by atoms with E-state index in [1.54, 1.807) is 25.1 Å². The minimum absolute atomic E-state index is 0.340. The van der Waals surface area contributed by atoms with Gasteiger partial charge in [-0.1, -0.05) is 35.6 Å². The molecule has 1 amide bonds. The Bertz CT molecular complexity index is 1100. The molecule has 4 rings (SSSR count). The summed E-state index contributed by atoms with van der Waals surface area (Å²) in [7, 11) is 0. The number of aryl methyl sites for hydroxylation is 1. The molecular formula is C19H13F3N4OS. The largest absolute Gasteiger partial charge is 0.416 e. The van der Waals surface area contributed by atoms with Crippen molar-refractivity contribution < 1.29 is 18.0 Å². The maximum Gasteiger partial charge on any atom is 0.416 e. The number of nitrogens with one attached hydrogen (secondary N) is 1. The molecule has 9 heteroatoms. The Morgan fingerprint density at radius 3 is 2.64 bits per heavy atom. The molecule has 1 aliphatic heterocycles. The third-order valence-corrected chi connectivity index (χ3v) is 4.99. The Morgan fingerprint density at radius 2 is 1.93 bits per heavy atom. The molecular weight excluding hydrogens is 389 g/mol. The van der Waals surface area contributed by atoms with Crippen LogP contribution >= 0.6 is 11.3 Å². The van der Waals surface area contributed by atoms with E-state index in [9.17, 15) is 18.0 Å². The molecule has 5 nitrogen and oxygen atoms in total. The van der Waals surface area contributed by atoms with E-state index < -0.39 is 11.7 Å². The first-order chi connectivity index (χ1) is 13.3. The molecule has 1 N–H and O–H groups in total. The predicted molar refractivity (Wildman–Crippen MR) is 100 cm³/mol. The van der Waals surface area contributed by atoms with Gasteiger partial charge in [0.05, 0.1) is 22.5 Å². The molecule has 3 aromatic rings. The third kappa shape index (κ3) is 3.53. The highest BCUT2D eigenvalue weighted by molar-refractivity contribution is 7.15. The molecule has 142 valence electrons. The first-order valence-corrected chi connectivity index (χ1v) is 9.11. The number of benzene rings is 2. The number of fused-ring (bicyclic) bond motifs is 1. The van der Waals surface area contributed by atoms with E-state index >= 15 is 0 Å². The van der Waals surface area contributed by atoms with Crippen molar-refractivity contribution >= 4 is 33.8 Å². The number of halogens is 3. The zero-order valence-corrected chi connectivity index (χ0v) is 15.4. The lowest BCUT2D eigenvalue weighted by Crippen LogP contribution is -2.12. The smallest absolute Gasteiger partial charge is 0.296 e. The fourth-order valence-electron chi connectivity index (χ4n) is 2.96. The number of para-hydroxylation sites is 1. The lowest BCUT2D eigenvalue weighted by Gasteiger charge is -2.08. The Balaban J connectivity index is 1.66. The highest BCUT2D eigenvalue weighted by Crippen LogP contribution is 2.35. The number of alkyl halides is 3. The number of carbonyl (C=O) groups excluding carboxylic acids is 1. The van der Waals surface area contributed by atoms with Crippen molar-refractivity contribution in [2.24, 2.45) is 4.99 Å². The number of hydrogen-bond acceptors (Lipinski definition) is 5. The molecule has 0 aliphatic carbocycles. The fraction of sp³-hybridized carbons (Fsp3) is 0.158. The highest BCUT2D eigenvalue weighted by atomic mass is 32.1. The summed E-state index contributed by atoms with van der Waals surface area (Å²) in [5, 5.41) is 11.5. The molecule has 0 spiro atoms. The lowest BCUT2D eigenvalue weighted by molar-refractivity contribution is -0.137. The van der Waals surface area contributed by atoms with Crippen molar-refractivity contribution in [2.45, 2.75) is 19.5 Å². The molecule has 0 fully saturated rings. The van der Waals surface area contributed by atoms with E-state index in [1.165, 1.54) is 17.4 Å². The van der Waals surface area contributed by atoms with Gasteiger partial charge in [-0.3, -0.25) is 15.1 Å². The number of hydrogen-bond donors (Lipinski definition) is 1. The standard InChI is InChI=1S/C19H13F3N4OS/c1-10-25-26-18(28-10)24-17(27)14-7-3-5-12-9-15(23-16(12)14)11-4-2-6-13(8-11)19(20,21)22/h2-8H,9H2,1H3,(H,24,26,27). The van der Waals surface area contributed by atoms with Crippen LogP contribution in [0.4, 0.5) is 24.0 Å². The molecule has 0 atom stereocenters.